The van der Waals surface area contributed by atoms with Gasteiger partial charge in [-0.3, -0.25) is 4.79 Å². The molecule has 2 amide bonds. The van der Waals surface area contributed by atoms with Crippen molar-refractivity contribution in [3.63, 3.8) is 0 Å². The van der Waals surface area contributed by atoms with Crippen molar-refractivity contribution in [1.82, 2.24) is 15.6 Å². The number of oxazole rings is 1. The maximum Gasteiger partial charge on any atom is 0.407 e. The SMILES string of the molecule is Cc1oc(-c2ccco2)nc1CC(=O)NC(C)(C)CNC(=O)OC(C)(C)C. The fourth-order valence-electron chi connectivity index (χ4n) is 2.32. The zero-order valence-electron chi connectivity index (χ0n) is 16.6. The van der Waals surface area contributed by atoms with Gasteiger partial charge in [0.15, 0.2) is 5.76 Å². The highest BCUT2D eigenvalue weighted by atomic mass is 16.6. The van der Waals surface area contributed by atoms with E-state index in [2.05, 4.69) is 15.6 Å². The van der Waals surface area contributed by atoms with E-state index < -0.39 is 17.2 Å². The van der Waals surface area contributed by atoms with E-state index >= 15 is 0 Å². The molecule has 0 aromatic carbocycles. The van der Waals surface area contributed by atoms with Crippen LogP contribution in [0.3, 0.4) is 0 Å². The number of aromatic nitrogens is 1. The first-order valence-corrected chi connectivity index (χ1v) is 8.73. The molecule has 0 saturated heterocycles. The second-order valence-corrected chi connectivity index (χ2v) is 7.96. The first-order chi connectivity index (χ1) is 12.5. The monoisotopic (exact) mass is 377 g/mol. The zero-order valence-corrected chi connectivity index (χ0v) is 16.6. The van der Waals surface area contributed by atoms with Crippen LogP contribution in [0.15, 0.2) is 27.2 Å². The van der Waals surface area contributed by atoms with E-state index in [0.29, 0.717) is 23.1 Å². The van der Waals surface area contributed by atoms with Gasteiger partial charge in [-0.15, -0.1) is 0 Å². The Kier molecular flexibility index (Phi) is 5.98. The van der Waals surface area contributed by atoms with Crippen LogP contribution in [0, 0.1) is 6.92 Å². The van der Waals surface area contributed by atoms with Crippen LogP contribution < -0.4 is 10.6 Å². The number of carbonyl (C=O) groups is 2. The summed E-state index contributed by atoms with van der Waals surface area (Å²) >= 11 is 0. The predicted octanol–water partition coefficient (Wildman–Crippen LogP) is 3.21. The summed E-state index contributed by atoms with van der Waals surface area (Å²) in [7, 11) is 0. The van der Waals surface area contributed by atoms with Crippen LogP contribution in [-0.2, 0) is 16.0 Å². The van der Waals surface area contributed by atoms with Gasteiger partial charge in [0.1, 0.15) is 11.4 Å². The highest BCUT2D eigenvalue weighted by Gasteiger charge is 2.25. The third kappa shape index (κ3) is 6.47. The minimum Gasteiger partial charge on any atom is -0.459 e. The van der Waals surface area contributed by atoms with Gasteiger partial charge >= 0.3 is 6.09 Å². The number of aryl methyl sites for hydroxylation is 1. The van der Waals surface area contributed by atoms with Crippen molar-refractivity contribution < 1.29 is 23.2 Å². The van der Waals surface area contributed by atoms with Crippen LogP contribution in [0.25, 0.3) is 11.7 Å². The lowest BCUT2D eigenvalue weighted by Crippen LogP contribution is -2.52. The van der Waals surface area contributed by atoms with E-state index in [1.807, 2.05) is 13.8 Å². The van der Waals surface area contributed by atoms with Crippen LogP contribution in [0.2, 0.25) is 0 Å². The minimum absolute atomic E-state index is 0.0614. The highest BCUT2D eigenvalue weighted by molar-refractivity contribution is 5.79. The van der Waals surface area contributed by atoms with Crippen molar-refractivity contribution >= 4 is 12.0 Å². The van der Waals surface area contributed by atoms with Crippen molar-refractivity contribution in [3.8, 4) is 11.7 Å². The van der Waals surface area contributed by atoms with E-state index in [0.717, 1.165) is 0 Å². The molecule has 2 N–H and O–H groups in total. The molecule has 0 bridgehead atoms. The number of hydrogen-bond donors (Lipinski definition) is 2. The quantitative estimate of drug-likeness (QED) is 0.800. The Morgan fingerprint density at radius 3 is 2.52 bits per heavy atom. The molecule has 2 rings (SSSR count). The maximum atomic E-state index is 12.4. The number of ether oxygens (including phenoxy) is 1. The molecule has 2 heterocycles. The zero-order chi connectivity index (χ0) is 20.2. The number of nitrogens with one attached hydrogen (secondary N) is 2. The Morgan fingerprint density at radius 1 is 1.22 bits per heavy atom. The summed E-state index contributed by atoms with van der Waals surface area (Å²) in [6.07, 6.45) is 1.06. The molecule has 0 radical (unpaired) electrons. The smallest absolute Gasteiger partial charge is 0.407 e. The topological polar surface area (TPSA) is 107 Å². The summed E-state index contributed by atoms with van der Waals surface area (Å²) in [5.74, 6) is 1.17. The molecule has 0 atom stereocenters. The summed E-state index contributed by atoms with van der Waals surface area (Å²) in [6.45, 7) is 11.0. The second-order valence-electron chi connectivity index (χ2n) is 7.96. The largest absolute Gasteiger partial charge is 0.459 e. The summed E-state index contributed by atoms with van der Waals surface area (Å²) in [5.41, 5.74) is -0.696. The van der Waals surface area contributed by atoms with E-state index in [1.54, 1.807) is 39.8 Å². The Morgan fingerprint density at radius 2 is 1.93 bits per heavy atom. The van der Waals surface area contributed by atoms with Gasteiger partial charge in [-0.2, -0.15) is 0 Å². The molecule has 148 valence electrons. The number of amides is 2. The second kappa shape index (κ2) is 7.85. The van der Waals surface area contributed by atoms with Crippen LogP contribution in [0.5, 0.6) is 0 Å². The molecule has 0 aliphatic heterocycles. The highest BCUT2D eigenvalue weighted by Crippen LogP contribution is 2.22. The lowest BCUT2D eigenvalue weighted by Gasteiger charge is -2.27. The van der Waals surface area contributed by atoms with Crippen LogP contribution in [0.1, 0.15) is 46.1 Å². The third-order valence-electron chi connectivity index (χ3n) is 3.50. The van der Waals surface area contributed by atoms with Gasteiger partial charge in [-0.1, -0.05) is 0 Å². The van der Waals surface area contributed by atoms with Gasteiger partial charge < -0.3 is 24.2 Å². The number of hydrogen-bond acceptors (Lipinski definition) is 6. The van der Waals surface area contributed by atoms with E-state index in [1.165, 1.54) is 6.26 Å². The van der Waals surface area contributed by atoms with Gasteiger partial charge in [0.25, 0.3) is 5.89 Å². The predicted molar refractivity (Wildman–Crippen MR) is 99.1 cm³/mol. The molecule has 2 aromatic rings. The normalized spacial score (nSPS) is 11.9. The van der Waals surface area contributed by atoms with Crippen LogP contribution in [-0.4, -0.2) is 34.7 Å². The Labute approximate surface area is 158 Å². The van der Waals surface area contributed by atoms with Crippen LogP contribution in [0.4, 0.5) is 4.79 Å². The van der Waals surface area contributed by atoms with Crippen LogP contribution >= 0.6 is 0 Å². The molecule has 8 heteroatoms. The molecule has 8 nitrogen and oxygen atoms in total. The molecule has 0 spiro atoms. The van der Waals surface area contributed by atoms with Gasteiger partial charge in [0.05, 0.1) is 23.9 Å². The maximum absolute atomic E-state index is 12.4. The summed E-state index contributed by atoms with van der Waals surface area (Å²) < 4.78 is 16.0. The molecular formula is C19H27N3O5. The van der Waals surface area contributed by atoms with E-state index in [4.69, 9.17) is 13.6 Å². The van der Waals surface area contributed by atoms with Gasteiger partial charge in [0, 0.05) is 6.54 Å². The molecule has 2 aromatic heterocycles. The minimum atomic E-state index is -0.657. The molecule has 0 unspecified atom stereocenters. The average Bonchev–Trinajstić information content (AvgIpc) is 3.13. The summed E-state index contributed by atoms with van der Waals surface area (Å²) in [6, 6.07) is 3.47. The number of carbonyl (C=O) groups excluding carboxylic acids is 2. The van der Waals surface area contributed by atoms with Crippen molar-refractivity contribution in [2.75, 3.05) is 6.54 Å². The number of nitrogens with zero attached hydrogens (tertiary/aromatic N) is 1. The first kappa shape index (κ1) is 20.5. The van der Waals surface area contributed by atoms with Gasteiger partial charge in [-0.25, -0.2) is 9.78 Å². The lowest BCUT2D eigenvalue weighted by atomic mass is 10.1. The lowest BCUT2D eigenvalue weighted by molar-refractivity contribution is -0.122. The molecule has 0 aliphatic rings. The Bertz CT molecular complexity index is 785. The van der Waals surface area contributed by atoms with Gasteiger partial charge in [0.2, 0.25) is 5.91 Å². The fraction of sp³-hybridized carbons (Fsp3) is 0.526. The van der Waals surface area contributed by atoms with Gasteiger partial charge in [-0.05, 0) is 53.7 Å². The third-order valence-corrected chi connectivity index (χ3v) is 3.50. The average molecular weight is 377 g/mol. The van der Waals surface area contributed by atoms with E-state index in [9.17, 15) is 9.59 Å². The Balaban J connectivity index is 1.90. The molecule has 0 fully saturated rings. The van der Waals surface area contributed by atoms with Crippen molar-refractivity contribution in [2.24, 2.45) is 0 Å². The summed E-state index contributed by atoms with van der Waals surface area (Å²) in [4.78, 5) is 28.5. The number of furan rings is 1. The molecule has 27 heavy (non-hydrogen) atoms. The fourth-order valence-corrected chi connectivity index (χ4v) is 2.32. The summed E-state index contributed by atoms with van der Waals surface area (Å²) in [5, 5.41) is 5.54. The van der Waals surface area contributed by atoms with Crippen molar-refractivity contribution in [1.29, 1.82) is 0 Å². The standard InChI is InChI=1S/C19H27N3O5/c1-12-13(21-16(26-12)14-8-7-9-25-14)10-15(23)22-19(5,6)11-20-17(24)27-18(2,3)4/h7-9H,10-11H2,1-6H3,(H,20,24)(H,22,23). The molecular weight excluding hydrogens is 350 g/mol. The van der Waals surface area contributed by atoms with Crippen molar-refractivity contribution in [3.05, 3.63) is 29.9 Å². The number of rotatable bonds is 6. The number of alkyl carbamates (subject to hydrolysis) is 1. The first-order valence-electron chi connectivity index (χ1n) is 8.73. The molecule has 0 aliphatic carbocycles. The van der Waals surface area contributed by atoms with Crippen molar-refractivity contribution in [2.45, 2.75) is 59.1 Å². The Hall–Kier alpha value is -2.77. The molecule has 0 saturated carbocycles. The van der Waals surface area contributed by atoms with E-state index in [-0.39, 0.29) is 18.9 Å².